The average molecular weight is 451 g/mol. The highest BCUT2D eigenvalue weighted by molar-refractivity contribution is 7.99. The molecule has 0 spiro atoms. The number of hydrogen-bond acceptors (Lipinski definition) is 6. The minimum absolute atomic E-state index is 0.0138. The van der Waals surface area contributed by atoms with Gasteiger partial charge in [0.15, 0.2) is 5.75 Å². The lowest BCUT2D eigenvalue weighted by Gasteiger charge is -2.20. The van der Waals surface area contributed by atoms with E-state index in [4.69, 9.17) is 9.15 Å². The molecule has 0 radical (unpaired) electrons. The Morgan fingerprint density at radius 2 is 1.91 bits per heavy atom. The van der Waals surface area contributed by atoms with Crippen LogP contribution in [0.2, 0.25) is 0 Å². The lowest BCUT2D eigenvalue weighted by atomic mass is 9.83. The van der Waals surface area contributed by atoms with Gasteiger partial charge in [-0.25, -0.2) is 9.18 Å². The summed E-state index contributed by atoms with van der Waals surface area (Å²) in [5, 5.41) is 10.9. The van der Waals surface area contributed by atoms with Crippen LogP contribution in [0.25, 0.3) is 16.7 Å². The molecule has 3 heterocycles. The molecule has 1 aliphatic heterocycles. The molecule has 2 aromatic carbocycles. The number of ether oxygens (including phenoxy) is 1. The summed E-state index contributed by atoms with van der Waals surface area (Å²) in [7, 11) is 1.53. The van der Waals surface area contributed by atoms with Gasteiger partial charge in [-0.05, 0) is 42.0 Å². The molecular formula is C24H18FNO5S. The van der Waals surface area contributed by atoms with Gasteiger partial charge in [0.2, 0.25) is 0 Å². The fourth-order valence-electron chi connectivity index (χ4n) is 4.16. The molecule has 32 heavy (non-hydrogen) atoms. The van der Waals surface area contributed by atoms with Crippen molar-refractivity contribution in [2.24, 2.45) is 0 Å². The van der Waals surface area contributed by atoms with E-state index < -0.39 is 28.2 Å². The summed E-state index contributed by atoms with van der Waals surface area (Å²) in [6.07, 6.45) is 0. The fourth-order valence-corrected chi connectivity index (χ4v) is 5.04. The van der Waals surface area contributed by atoms with Crippen molar-refractivity contribution in [2.75, 3.05) is 7.11 Å². The number of nitrogens with zero attached hydrogens (tertiary/aromatic N) is 1. The number of methoxy groups -OCH3 is 1. The molecule has 0 saturated carbocycles. The number of benzene rings is 2. The topological polar surface area (TPSA) is 81.7 Å². The van der Waals surface area contributed by atoms with E-state index in [1.807, 2.05) is 13.8 Å². The zero-order chi connectivity index (χ0) is 22.8. The van der Waals surface area contributed by atoms with Crippen molar-refractivity contribution in [2.45, 2.75) is 29.1 Å². The van der Waals surface area contributed by atoms with Gasteiger partial charge in [-0.2, -0.15) is 0 Å². The first-order valence-electron chi connectivity index (χ1n) is 9.81. The van der Waals surface area contributed by atoms with Crippen LogP contribution in [0.4, 0.5) is 4.39 Å². The van der Waals surface area contributed by atoms with Gasteiger partial charge >= 0.3 is 5.63 Å². The maximum Gasteiger partial charge on any atom is 0.354 e. The Kier molecular flexibility index (Phi) is 4.46. The Bertz CT molecular complexity index is 1540. The van der Waals surface area contributed by atoms with E-state index in [0.717, 1.165) is 11.8 Å². The lowest BCUT2D eigenvalue weighted by molar-refractivity contribution is 0.413. The van der Waals surface area contributed by atoms with E-state index in [0.29, 0.717) is 27.6 Å². The van der Waals surface area contributed by atoms with Crippen LogP contribution in [-0.2, 0) is 5.41 Å². The van der Waals surface area contributed by atoms with E-state index in [-0.39, 0.29) is 15.9 Å². The Labute approximate surface area is 185 Å². The Morgan fingerprint density at radius 1 is 1.12 bits per heavy atom. The zero-order valence-electron chi connectivity index (χ0n) is 17.4. The van der Waals surface area contributed by atoms with Crippen molar-refractivity contribution in [3.63, 3.8) is 0 Å². The first-order chi connectivity index (χ1) is 15.2. The third-order valence-electron chi connectivity index (χ3n) is 5.79. The minimum Gasteiger partial charge on any atom is -0.505 e. The molecule has 8 heteroatoms. The van der Waals surface area contributed by atoms with Crippen LogP contribution in [0.1, 0.15) is 25.1 Å². The molecule has 1 aliphatic rings. The predicted octanol–water partition coefficient (Wildman–Crippen LogP) is 4.59. The molecule has 2 aromatic heterocycles. The highest BCUT2D eigenvalue weighted by Crippen LogP contribution is 2.44. The molecule has 0 atom stereocenters. The molecule has 6 nitrogen and oxygen atoms in total. The van der Waals surface area contributed by atoms with E-state index >= 15 is 0 Å². The third-order valence-corrected chi connectivity index (χ3v) is 6.84. The van der Waals surface area contributed by atoms with Crippen LogP contribution in [0.3, 0.4) is 0 Å². The van der Waals surface area contributed by atoms with Crippen molar-refractivity contribution in [3.05, 3.63) is 86.4 Å². The summed E-state index contributed by atoms with van der Waals surface area (Å²) in [6.45, 7) is 3.72. The summed E-state index contributed by atoms with van der Waals surface area (Å²) < 4.78 is 26.0. The second kappa shape index (κ2) is 7.00. The Hall–Kier alpha value is -3.52. The summed E-state index contributed by atoms with van der Waals surface area (Å²) in [5.74, 6) is -0.269. The van der Waals surface area contributed by atoms with Crippen molar-refractivity contribution in [1.82, 2.24) is 4.57 Å². The van der Waals surface area contributed by atoms with Crippen LogP contribution in [0.15, 0.2) is 72.3 Å². The SMILES string of the molecule is COc1cccc(Sc2c(O)c3c(=O)n4c(cc3oc2=O)C(C)(C)c2cc(F)ccc2-4)c1. The van der Waals surface area contributed by atoms with Gasteiger partial charge in [0.25, 0.3) is 5.56 Å². The number of halogens is 1. The van der Waals surface area contributed by atoms with Crippen LogP contribution in [0, 0.1) is 5.82 Å². The van der Waals surface area contributed by atoms with Crippen LogP contribution < -0.4 is 15.9 Å². The van der Waals surface area contributed by atoms with Crippen LogP contribution >= 0.6 is 11.8 Å². The molecule has 0 fully saturated rings. The maximum absolute atomic E-state index is 13.9. The van der Waals surface area contributed by atoms with Gasteiger partial charge in [0.05, 0.1) is 12.8 Å². The standard InChI is InChI=1S/C24H18FNO5S/c1-24(2)15-9-12(25)7-8-16(15)26-18(24)11-17-19(22(26)28)20(27)21(23(29)31-17)32-14-6-4-5-13(10-14)30-3/h4-11,27H,1-3H3. The van der Waals surface area contributed by atoms with Crippen molar-refractivity contribution in [3.8, 4) is 17.2 Å². The molecule has 0 saturated heterocycles. The predicted molar refractivity (Wildman–Crippen MR) is 119 cm³/mol. The van der Waals surface area contributed by atoms with Gasteiger partial charge in [0, 0.05) is 22.1 Å². The molecule has 162 valence electrons. The summed E-state index contributed by atoms with van der Waals surface area (Å²) in [5.41, 5.74) is -0.293. The summed E-state index contributed by atoms with van der Waals surface area (Å²) in [4.78, 5) is 26.8. The molecule has 5 rings (SSSR count). The first kappa shape index (κ1) is 20.4. The molecule has 4 aromatic rings. The third kappa shape index (κ3) is 2.86. The summed E-state index contributed by atoms with van der Waals surface area (Å²) >= 11 is 0.981. The molecule has 1 N–H and O–H groups in total. The second-order valence-electron chi connectivity index (χ2n) is 8.04. The normalized spacial score (nSPS) is 13.8. The molecule has 0 amide bonds. The monoisotopic (exact) mass is 451 g/mol. The number of rotatable bonds is 3. The number of pyridine rings is 1. The van der Waals surface area contributed by atoms with Crippen molar-refractivity contribution >= 4 is 22.7 Å². The van der Waals surface area contributed by atoms with Gasteiger partial charge in [0.1, 0.15) is 27.4 Å². The van der Waals surface area contributed by atoms with Gasteiger partial charge in [-0.3, -0.25) is 9.36 Å². The van der Waals surface area contributed by atoms with Gasteiger partial charge in [-0.1, -0.05) is 31.7 Å². The zero-order valence-corrected chi connectivity index (χ0v) is 18.2. The largest absolute Gasteiger partial charge is 0.505 e. The smallest absolute Gasteiger partial charge is 0.354 e. The van der Waals surface area contributed by atoms with Gasteiger partial charge in [-0.15, -0.1) is 0 Å². The highest BCUT2D eigenvalue weighted by Gasteiger charge is 2.38. The lowest BCUT2D eigenvalue weighted by Crippen LogP contribution is -2.24. The Morgan fingerprint density at radius 3 is 2.66 bits per heavy atom. The molecular weight excluding hydrogens is 433 g/mol. The number of fused-ring (bicyclic) bond motifs is 4. The number of aromatic hydroxyl groups is 1. The van der Waals surface area contributed by atoms with Crippen molar-refractivity contribution in [1.29, 1.82) is 0 Å². The quantitative estimate of drug-likeness (QED) is 0.491. The average Bonchev–Trinajstić information content (AvgIpc) is 2.98. The number of aromatic nitrogens is 1. The van der Waals surface area contributed by atoms with E-state index in [2.05, 4.69) is 0 Å². The van der Waals surface area contributed by atoms with Gasteiger partial charge < -0.3 is 14.3 Å². The summed E-state index contributed by atoms with van der Waals surface area (Å²) in [6, 6.07) is 12.7. The molecule has 0 bridgehead atoms. The molecule has 0 aliphatic carbocycles. The van der Waals surface area contributed by atoms with Crippen LogP contribution in [0.5, 0.6) is 11.5 Å². The highest BCUT2D eigenvalue weighted by atomic mass is 32.2. The van der Waals surface area contributed by atoms with E-state index in [1.54, 1.807) is 30.3 Å². The maximum atomic E-state index is 13.9. The second-order valence-corrected chi connectivity index (χ2v) is 9.13. The van der Waals surface area contributed by atoms with E-state index in [9.17, 15) is 19.1 Å². The first-order valence-corrected chi connectivity index (χ1v) is 10.6. The van der Waals surface area contributed by atoms with Crippen LogP contribution in [-0.4, -0.2) is 16.8 Å². The van der Waals surface area contributed by atoms with E-state index in [1.165, 1.54) is 29.9 Å². The van der Waals surface area contributed by atoms with Crippen molar-refractivity contribution < 1.29 is 18.7 Å². The fraction of sp³-hybridized carbons (Fsp3) is 0.167. The number of hydrogen-bond donors (Lipinski definition) is 1. The Balaban J connectivity index is 1.77. The minimum atomic E-state index is -0.758. The molecule has 0 unspecified atom stereocenters.